The summed E-state index contributed by atoms with van der Waals surface area (Å²) in [4.78, 5) is 34.2. The summed E-state index contributed by atoms with van der Waals surface area (Å²) in [5, 5.41) is 1.70. The quantitative estimate of drug-likeness (QED) is 0.436. The van der Waals surface area contributed by atoms with Crippen molar-refractivity contribution in [2.24, 2.45) is 5.92 Å². The van der Waals surface area contributed by atoms with Crippen molar-refractivity contribution in [2.45, 2.75) is 12.1 Å². The van der Waals surface area contributed by atoms with Crippen LogP contribution < -0.4 is 9.96 Å². The normalized spacial score (nSPS) is 23.2. The fraction of sp³-hybridized carbons (Fsp3) is 0.130. The molecule has 3 aromatic carbocycles. The first-order chi connectivity index (χ1) is 14.5. The van der Waals surface area contributed by atoms with Gasteiger partial charge in [0.1, 0.15) is 5.92 Å². The van der Waals surface area contributed by atoms with Crippen molar-refractivity contribution < 1.29 is 14.4 Å². The molecule has 2 fully saturated rings. The second-order valence-electron chi connectivity index (χ2n) is 7.20. The molecular weight excluding hydrogens is 512 g/mol. The number of halogens is 2. The third kappa shape index (κ3) is 3.17. The smallest absolute Gasteiger partial charge is 0.266 e. The Balaban J connectivity index is 1.60. The van der Waals surface area contributed by atoms with E-state index < -0.39 is 18.1 Å². The summed E-state index contributed by atoms with van der Waals surface area (Å²) in [6, 6.07) is 24.1. The molecule has 2 heterocycles. The molecule has 0 radical (unpaired) electrons. The topological polar surface area (TPSA) is 49.9 Å². The molecule has 7 heteroatoms. The van der Waals surface area contributed by atoms with Crippen molar-refractivity contribution in [3.05, 3.63) is 93.4 Å². The van der Waals surface area contributed by atoms with Gasteiger partial charge in [0, 0.05) is 8.95 Å². The summed E-state index contributed by atoms with van der Waals surface area (Å²) >= 11 is 6.93. The van der Waals surface area contributed by atoms with E-state index in [1.165, 1.54) is 4.90 Å². The van der Waals surface area contributed by atoms with Gasteiger partial charge in [0.05, 0.1) is 17.4 Å². The van der Waals surface area contributed by atoms with Crippen LogP contribution in [-0.4, -0.2) is 17.9 Å². The van der Waals surface area contributed by atoms with Crippen molar-refractivity contribution in [3.8, 4) is 0 Å². The first kappa shape index (κ1) is 19.5. The van der Waals surface area contributed by atoms with Gasteiger partial charge in [-0.1, -0.05) is 68.3 Å². The molecule has 2 amide bonds. The molecule has 2 saturated heterocycles. The van der Waals surface area contributed by atoms with E-state index in [1.807, 2.05) is 60.7 Å². The Morgan fingerprint density at radius 1 is 0.733 bits per heavy atom. The van der Waals surface area contributed by atoms with Crippen LogP contribution in [0.2, 0.25) is 0 Å². The second-order valence-corrected chi connectivity index (χ2v) is 9.04. The Labute approximate surface area is 190 Å². The lowest BCUT2D eigenvalue weighted by Crippen LogP contribution is -2.37. The second kappa shape index (κ2) is 7.65. The minimum atomic E-state index is -0.874. The number of fused-ring (bicyclic) bond motifs is 1. The molecular formula is C23H16Br2N2O3. The average molecular weight is 528 g/mol. The van der Waals surface area contributed by atoms with Crippen LogP contribution in [0.3, 0.4) is 0 Å². The molecule has 150 valence electrons. The van der Waals surface area contributed by atoms with Gasteiger partial charge in [-0.25, -0.2) is 9.96 Å². The van der Waals surface area contributed by atoms with E-state index in [2.05, 4.69) is 31.9 Å². The number of hydrogen-bond donors (Lipinski definition) is 0. The van der Waals surface area contributed by atoms with Crippen LogP contribution in [0.15, 0.2) is 87.8 Å². The van der Waals surface area contributed by atoms with Crippen LogP contribution in [0.5, 0.6) is 0 Å². The van der Waals surface area contributed by atoms with Gasteiger partial charge in [0.2, 0.25) is 5.91 Å². The van der Waals surface area contributed by atoms with Gasteiger partial charge in [0.25, 0.3) is 5.91 Å². The zero-order chi connectivity index (χ0) is 20.8. The molecule has 5 rings (SSSR count). The Bertz CT molecular complexity index is 1140. The van der Waals surface area contributed by atoms with Crippen LogP contribution in [0.4, 0.5) is 11.4 Å². The lowest BCUT2D eigenvalue weighted by Gasteiger charge is -2.28. The summed E-state index contributed by atoms with van der Waals surface area (Å²) in [5.41, 5.74) is 2.24. The van der Waals surface area contributed by atoms with Gasteiger partial charge in [0.15, 0.2) is 6.10 Å². The zero-order valence-electron chi connectivity index (χ0n) is 15.6. The van der Waals surface area contributed by atoms with E-state index in [-0.39, 0.29) is 11.8 Å². The highest BCUT2D eigenvalue weighted by Gasteiger charge is 2.60. The van der Waals surface area contributed by atoms with E-state index in [4.69, 9.17) is 4.84 Å². The first-order valence-corrected chi connectivity index (χ1v) is 11.0. The fourth-order valence-electron chi connectivity index (χ4n) is 4.11. The highest BCUT2D eigenvalue weighted by atomic mass is 79.9. The number of carbonyl (C=O) groups excluding carboxylic acids is 2. The molecule has 3 atom stereocenters. The maximum Gasteiger partial charge on any atom is 0.266 e. The molecule has 5 nitrogen and oxygen atoms in total. The SMILES string of the molecule is O=C1[C@H]2[C@@H](ON(c3ccccc3)[C@H]2c2cccc(Br)c2)C(=O)N1c1cccc(Br)c1. The van der Waals surface area contributed by atoms with Gasteiger partial charge < -0.3 is 0 Å². The summed E-state index contributed by atoms with van der Waals surface area (Å²) in [6.45, 7) is 0. The Hall–Kier alpha value is -2.48. The van der Waals surface area contributed by atoms with Gasteiger partial charge in [-0.05, 0) is 48.0 Å². The minimum absolute atomic E-state index is 0.258. The summed E-state index contributed by atoms with van der Waals surface area (Å²) < 4.78 is 1.70. The predicted molar refractivity (Wildman–Crippen MR) is 121 cm³/mol. The average Bonchev–Trinajstić information content (AvgIpc) is 3.25. The van der Waals surface area contributed by atoms with Crippen LogP contribution >= 0.6 is 31.9 Å². The number of carbonyl (C=O) groups is 2. The highest BCUT2D eigenvalue weighted by molar-refractivity contribution is 9.10. The van der Waals surface area contributed by atoms with Gasteiger partial charge in [-0.15, -0.1) is 0 Å². The van der Waals surface area contributed by atoms with Crippen LogP contribution in [-0.2, 0) is 14.4 Å². The third-order valence-electron chi connectivity index (χ3n) is 5.38. The number of rotatable bonds is 3. The Morgan fingerprint density at radius 3 is 2.10 bits per heavy atom. The molecule has 0 aromatic heterocycles. The molecule has 0 unspecified atom stereocenters. The van der Waals surface area contributed by atoms with Crippen molar-refractivity contribution in [1.82, 2.24) is 0 Å². The summed E-state index contributed by atoms with van der Waals surface area (Å²) in [7, 11) is 0. The largest absolute Gasteiger partial charge is 0.273 e. The van der Waals surface area contributed by atoms with E-state index in [9.17, 15) is 9.59 Å². The standard InChI is InChI=1S/C23H16Br2N2O3/c24-15-7-4-6-14(12-15)20-19-21(30-27(20)17-9-2-1-3-10-17)23(29)26(22(19)28)18-11-5-8-16(25)13-18/h1-13,19-21H/t19-,20+,21-/m1/s1. The highest BCUT2D eigenvalue weighted by Crippen LogP contribution is 2.47. The van der Waals surface area contributed by atoms with Crippen molar-refractivity contribution in [2.75, 3.05) is 9.96 Å². The lowest BCUT2D eigenvalue weighted by atomic mass is 9.90. The number of benzene rings is 3. The molecule has 0 spiro atoms. The number of para-hydroxylation sites is 1. The maximum atomic E-state index is 13.5. The van der Waals surface area contributed by atoms with Gasteiger partial charge in [-0.3, -0.25) is 14.4 Å². The molecule has 30 heavy (non-hydrogen) atoms. The van der Waals surface area contributed by atoms with Crippen molar-refractivity contribution in [1.29, 1.82) is 0 Å². The number of nitrogens with zero attached hydrogens (tertiary/aromatic N) is 2. The molecule has 3 aromatic rings. The van der Waals surface area contributed by atoms with Crippen molar-refractivity contribution >= 4 is 55.0 Å². The van der Waals surface area contributed by atoms with Crippen LogP contribution in [0, 0.1) is 5.92 Å². The van der Waals surface area contributed by atoms with E-state index >= 15 is 0 Å². The van der Waals surface area contributed by atoms with Crippen molar-refractivity contribution in [3.63, 3.8) is 0 Å². The predicted octanol–water partition coefficient (Wildman–Crippen LogP) is 5.26. The van der Waals surface area contributed by atoms with Gasteiger partial charge >= 0.3 is 0 Å². The van der Waals surface area contributed by atoms with Crippen LogP contribution in [0.25, 0.3) is 0 Å². The molecule has 0 bridgehead atoms. The molecule has 0 N–H and O–H groups in total. The lowest BCUT2D eigenvalue weighted by molar-refractivity contribution is -0.126. The maximum absolute atomic E-state index is 13.5. The monoisotopic (exact) mass is 526 g/mol. The number of imide groups is 1. The van der Waals surface area contributed by atoms with E-state index in [0.717, 1.165) is 20.2 Å². The Kier molecular flexibility index (Phi) is 4.97. The molecule has 2 aliphatic heterocycles. The third-order valence-corrected chi connectivity index (χ3v) is 6.37. The number of anilines is 2. The summed E-state index contributed by atoms with van der Waals surface area (Å²) in [5.74, 6) is -1.25. The van der Waals surface area contributed by atoms with Gasteiger partial charge in [-0.2, -0.15) is 0 Å². The molecule has 2 aliphatic rings. The fourth-order valence-corrected chi connectivity index (χ4v) is 4.92. The number of hydrogen-bond acceptors (Lipinski definition) is 4. The van der Waals surface area contributed by atoms with E-state index in [0.29, 0.717) is 5.69 Å². The van der Waals surface area contributed by atoms with Crippen LogP contribution in [0.1, 0.15) is 11.6 Å². The molecule has 0 saturated carbocycles. The summed E-state index contributed by atoms with van der Waals surface area (Å²) in [6.07, 6.45) is -0.874. The zero-order valence-corrected chi connectivity index (χ0v) is 18.8. The minimum Gasteiger partial charge on any atom is -0.273 e. The molecule has 0 aliphatic carbocycles. The van der Waals surface area contributed by atoms with E-state index in [1.54, 1.807) is 23.3 Å². The first-order valence-electron chi connectivity index (χ1n) is 9.44. The number of hydroxylamine groups is 1. The number of amides is 2. The Morgan fingerprint density at radius 2 is 1.40 bits per heavy atom.